The first-order valence-electron chi connectivity index (χ1n) is 2.46. The smallest absolute Gasteiger partial charge is 0.322 e. The van der Waals surface area contributed by atoms with E-state index in [0.717, 1.165) is 0 Å². The zero-order valence-electron chi connectivity index (χ0n) is 4.55. The summed E-state index contributed by atoms with van der Waals surface area (Å²) >= 11 is 0. The minimum Gasteiger partial charge on any atom is -0.394 e. The number of urea groups is 1. The summed E-state index contributed by atoms with van der Waals surface area (Å²) in [5, 5.41) is 12.6. The van der Waals surface area contributed by atoms with Crippen LogP contribution in [0.5, 0.6) is 0 Å². The van der Waals surface area contributed by atoms with E-state index in [2.05, 4.69) is 5.32 Å². The maximum atomic E-state index is 10.5. The van der Waals surface area contributed by atoms with Crippen molar-refractivity contribution >= 4 is 11.9 Å². The molecule has 0 radical (unpaired) electrons. The van der Waals surface area contributed by atoms with Crippen molar-refractivity contribution in [3.8, 4) is 0 Å². The second-order valence-electron chi connectivity index (χ2n) is 1.70. The summed E-state index contributed by atoms with van der Waals surface area (Å²) in [4.78, 5) is 20.7. The fraction of sp³-hybridized carbons (Fsp3) is 0.500. The molecule has 1 fully saturated rings. The minimum absolute atomic E-state index is 0.350. The summed E-state index contributed by atoms with van der Waals surface area (Å²) in [6.07, 6.45) is 0. The largest absolute Gasteiger partial charge is 0.394 e. The number of aliphatic hydroxyl groups excluding tert-OH is 1. The Bertz CT molecular complexity index is 156. The molecule has 0 spiro atoms. The highest BCUT2D eigenvalue weighted by molar-refractivity contribution is 6.04. The molecule has 50 valence electrons. The predicted molar refractivity (Wildman–Crippen MR) is 27.5 cm³/mol. The van der Waals surface area contributed by atoms with Gasteiger partial charge < -0.3 is 10.4 Å². The first kappa shape index (κ1) is 6.03. The van der Waals surface area contributed by atoms with Gasteiger partial charge in [0.1, 0.15) is 6.04 Å². The number of hydrogen-bond acceptors (Lipinski definition) is 3. The summed E-state index contributed by atoms with van der Waals surface area (Å²) in [5.74, 6) is -0.470. The van der Waals surface area contributed by atoms with Gasteiger partial charge >= 0.3 is 6.03 Å². The maximum absolute atomic E-state index is 10.5. The predicted octanol–water partition coefficient (Wildman–Crippen LogP) is -1.81. The number of carbonyl (C=O) groups excluding carboxylic acids is 2. The monoisotopic (exact) mass is 130 g/mol. The average Bonchev–Trinajstić information content (AvgIpc) is 2.10. The number of amides is 3. The maximum Gasteiger partial charge on any atom is 0.322 e. The highest BCUT2D eigenvalue weighted by Gasteiger charge is 2.27. The first-order chi connectivity index (χ1) is 4.24. The first-order valence-corrected chi connectivity index (χ1v) is 2.46. The number of nitrogens with one attached hydrogen (secondary N) is 2. The number of hydrogen-bond donors (Lipinski definition) is 3. The molecule has 3 amide bonds. The summed E-state index contributed by atoms with van der Waals surface area (Å²) < 4.78 is 0. The molecule has 1 atom stereocenters. The Morgan fingerprint density at radius 3 is 2.44 bits per heavy atom. The molecule has 1 saturated heterocycles. The fourth-order valence-electron chi connectivity index (χ4n) is 0.587. The Kier molecular flexibility index (Phi) is 1.35. The zero-order valence-corrected chi connectivity index (χ0v) is 4.55. The molecule has 5 heteroatoms. The topological polar surface area (TPSA) is 78.4 Å². The van der Waals surface area contributed by atoms with E-state index in [1.54, 1.807) is 0 Å². The van der Waals surface area contributed by atoms with E-state index in [-0.39, 0.29) is 6.61 Å². The third kappa shape index (κ3) is 0.996. The molecule has 9 heavy (non-hydrogen) atoms. The number of rotatable bonds is 1. The van der Waals surface area contributed by atoms with Crippen LogP contribution in [0.4, 0.5) is 4.79 Å². The Labute approximate surface area is 51.0 Å². The van der Waals surface area contributed by atoms with Crippen LogP contribution in [0, 0.1) is 0 Å². The lowest BCUT2D eigenvalue weighted by Gasteiger charge is -1.97. The molecule has 0 aromatic heterocycles. The van der Waals surface area contributed by atoms with Crippen molar-refractivity contribution in [2.24, 2.45) is 0 Å². The van der Waals surface area contributed by atoms with Gasteiger partial charge in [-0.25, -0.2) is 4.79 Å². The standard InChI is InChI=1S/C4H6N2O3/c7-1-2-3(8)6-4(9)5-2/h2,7H,1H2,(H2,5,6,8,9)/t2-/m1/s1. The molecule has 5 nitrogen and oxygen atoms in total. The Hall–Kier alpha value is -1.10. The van der Waals surface area contributed by atoms with Gasteiger partial charge in [-0.1, -0.05) is 0 Å². The van der Waals surface area contributed by atoms with Crippen LogP contribution >= 0.6 is 0 Å². The third-order valence-electron chi connectivity index (χ3n) is 1.04. The Morgan fingerprint density at radius 1 is 1.56 bits per heavy atom. The summed E-state index contributed by atoms with van der Waals surface area (Å²) in [5.41, 5.74) is 0. The van der Waals surface area contributed by atoms with Crippen LogP contribution in [0.1, 0.15) is 0 Å². The van der Waals surface area contributed by atoms with Crippen LogP contribution < -0.4 is 10.6 Å². The van der Waals surface area contributed by atoms with Crippen molar-refractivity contribution < 1.29 is 14.7 Å². The highest BCUT2D eigenvalue weighted by atomic mass is 16.3. The van der Waals surface area contributed by atoms with Crippen LogP contribution in [0.3, 0.4) is 0 Å². The molecule has 1 aliphatic rings. The zero-order chi connectivity index (χ0) is 6.85. The van der Waals surface area contributed by atoms with Gasteiger partial charge in [0.05, 0.1) is 6.61 Å². The Balaban J connectivity index is 2.58. The molecule has 1 aliphatic heterocycles. The van der Waals surface area contributed by atoms with Crippen LogP contribution in [0.25, 0.3) is 0 Å². The number of aliphatic hydroxyl groups is 1. The summed E-state index contributed by atoms with van der Waals surface area (Å²) in [7, 11) is 0. The van der Waals surface area contributed by atoms with E-state index in [9.17, 15) is 9.59 Å². The van der Waals surface area contributed by atoms with Gasteiger partial charge in [0.25, 0.3) is 5.91 Å². The molecule has 1 heterocycles. The van der Waals surface area contributed by atoms with Crippen molar-refractivity contribution in [1.29, 1.82) is 0 Å². The van der Waals surface area contributed by atoms with Crippen molar-refractivity contribution in [3.05, 3.63) is 0 Å². The third-order valence-corrected chi connectivity index (χ3v) is 1.04. The van der Waals surface area contributed by atoms with Gasteiger partial charge in [0.15, 0.2) is 0 Å². The van der Waals surface area contributed by atoms with E-state index in [1.165, 1.54) is 0 Å². The van der Waals surface area contributed by atoms with E-state index >= 15 is 0 Å². The van der Waals surface area contributed by atoms with Crippen molar-refractivity contribution in [2.45, 2.75) is 6.04 Å². The van der Waals surface area contributed by atoms with Gasteiger partial charge in [-0.2, -0.15) is 0 Å². The average molecular weight is 130 g/mol. The second-order valence-corrected chi connectivity index (χ2v) is 1.70. The van der Waals surface area contributed by atoms with Crippen LogP contribution in [-0.4, -0.2) is 29.7 Å². The van der Waals surface area contributed by atoms with Gasteiger partial charge in [-0.15, -0.1) is 0 Å². The molecule has 0 bridgehead atoms. The minimum atomic E-state index is -0.752. The lowest BCUT2D eigenvalue weighted by molar-refractivity contribution is -0.120. The van der Waals surface area contributed by atoms with Gasteiger partial charge in [0, 0.05) is 0 Å². The van der Waals surface area contributed by atoms with Crippen LogP contribution in [0.2, 0.25) is 0 Å². The molecule has 1 rings (SSSR count). The molecule has 0 saturated carbocycles. The lowest BCUT2D eigenvalue weighted by Crippen LogP contribution is -2.32. The lowest BCUT2D eigenvalue weighted by atomic mass is 10.3. The molecule has 0 aliphatic carbocycles. The highest BCUT2D eigenvalue weighted by Crippen LogP contribution is 1.89. The van der Waals surface area contributed by atoms with Crippen molar-refractivity contribution in [2.75, 3.05) is 6.61 Å². The van der Waals surface area contributed by atoms with Crippen LogP contribution in [-0.2, 0) is 4.79 Å². The van der Waals surface area contributed by atoms with Crippen molar-refractivity contribution in [1.82, 2.24) is 10.6 Å². The molecule has 3 N–H and O–H groups in total. The Morgan fingerprint density at radius 2 is 2.22 bits per heavy atom. The molecule has 0 aromatic rings. The normalized spacial score (nSPS) is 25.7. The van der Waals surface area contributed by atoms with E-state index < -0.39 is 18.0 Å². The molecular formula is C4H6N2O3. The second kappa shape index (κ2) is 2.02. The summed E-state index contributed by atoms with van der Waals surface area (Å²) in [6.45, 7) is -0.350. The van der Waals surface area contributed by atoms with E-state index in [4.69, 9.17) is 5.11 Å². The molecular weight excluding hydrogens is 124 g/mol. The summed E-state index contributed by atoms with van der Waals surface area (Å²) in [6, 6.07) is -1.29. The van der Waals surface area contributed by atoms with Gasteiger partial charge in [-0.05, 0) is 0 Å². The number of carbonyl (C=O) groups is 2. The van der Waals surface area contributed by atoms with E-state index in [1.807, 2.05) is 5.32 Å². The molecule has 0 aromatic carbocycles. The fourth-order valence-corrected chi connectivity index (χ4v) is 0.587. The van der Waals surface area contributed by atoms with E-state index in [0.29, 0.717) is 0 Å². The number of imide groups is 1. The SMILES string of the molecule is O=C1NC(=O)[C@@H](CO)N1. The van der Waals surface area contributed by atoms with Gasteiger partial charge in [-0.3, -0.25) is 10.1 Å². The molecule has 0 unspecified atom stereocenters. The quantitative estimate of drug-likeness (QED) is 0.366. The van der Waals surface area contributed by atoms with Crippen molar-refractivity contribution in [3.63, 3.8) is 0 Å². The van der Waals surface area contributed by atoms with Crippen LogP contribution in [0.15, 0.2) is 0 Å². The van der Waals surface area contributed by atoms with Gasteiger partial charge in [0.2, 0.25) is 0 Å².